The van der Waals surface area contributed by atoms with Crippen LogP contribution in [0.1, 0.15) is 16.9 Å². The summed E-state index contributed by atoms with van der Waals surface area (Å²) in [4.78, 5) is 0.0788. The Balaban J connectivity index is 2.27. The molecule has 0 amide bonds. The van der Waals surface area contributed by atoms with Crippen molar-refractivity contribution in [3.05, 3.63) is 41.3 Å². The number of aryl methyl sites for hydroxylation is 2. The standard InChI is InChI=1S/C12H15N3O3S/c1-8-5-11(13)12(6-9(8)2)19(16,17)15-7-10-3-4-14-18-10/h3-6,15H,7,13H2,1-2H3. The fraction of sp³-hybridized carbons (Fsp3) is 0.250. The number of hydrogen-bond acceptors (Lipinski definition) is 5. The highest BCUT2D eigenvalue weighted by molar-refractivity contribution is 7.89. The molecule has 0 aliphatic rings. The van der Waals surface area contributed by atoms with Gasteiger partial charge in [0, 0.05) is 6.07 Å². The van der Waals surface area contributed by atoms with Crippen LogP contribution < -0.4 is 10.5 Å². The van der Waals surface area contributed by atoms with Gasteiger partial charge in [-0.05, 0) is 37.1 Å². The van der Waals surface area contributed by atoms with Gasteiger partial charge in [0.2, 0.25) is 10.0 Å². The Labute approximate surface area is 111 Å². The van der Waals surface area contributed by atoms with Gasteiger partial charge >= 0.3 is 0 Å². The molecule has 1 aromatic carbocycles. The third-order valence-electron chi connectivity index (χ3n) is 2.84. The van der Waals surface area contributed by atoms with Crippen molar-refractivity contribution in [2.75, 3.05) is 5.73 Å². The van der Waals surface area contributed by atoms with Crippen LogP contribution in [0.2, 0.25) is 0 Å². The van der Waals surface area contributed by atoms with Gasteiger partial charge in [-0.3, -0.25) is 0 Å². The van der Waals surface area contributed by atoms with Crippen molar-refractivity contribution < 1.29 is 12.9 Å². The van der Waals surface area contributed by atoms with E-state index in [1.54, 1.807) is 18.2 Å². The Hall–Kier alpha value is -1.86. The molecule has 0 aliphatic carbocycles. The first-order valence-corrected chi connectivity index (χ1v) is 7.14. The van der Waals surface area contributed by atoms with Crippen LogP contribution in [0.4, 0.5) is 5.69 Å². The molecule has 0 saturated carbocycles. The molecule has 2 aromatic rings. The molecule has 0 radical (unpaired) electrons. The summed E-state index contributed by atoms with van der Waals surface area (Å²) >= 11 is 0. The average molecular weight is 281 g/mol. The van der Waals surface area contributed by atoms with E-state index in [-0.39, 0.29) is 17.1 Å². The van der Waals surface area contributed by atoms with E-state index in [0.29, 0.717) is 5.76 Å². The number of nitrogens with zero attached hydrogens (tertiary/aromatic N) is 1. The highest BCUT2D eigenvalue weighted by Gasteiger charge is 2.18. The number of anilines is 1. The number of aromatic nitrogens is 1. The third-order valence-corrected chi connectivity index (χ3v) is 4.30. The van der Waals surface area contributed by atoms with Crippen LogP contribution in [-0.4, -0.2) is 13.6 Å². The van der Waals surface area contributed by atoms with Crippen LogP contribution in [0.5, 0.6) is 0 Å². The lowest BCUT2D eigenvalue weighted by Crippen LogP contribution is -2.24. The maximum Gasteiger partial charge on any atom is 0.243 e. The number of sulfonamides is 1. The molecule has 19 heavy (non-hydrogen) atoms. The van der Waals surface area contributed by atoms with Crippen LogP contribution in [0.25, 0.3) is 0 Å². The van der Waals surface area contributed by atoms with Crippen molar-refractivity contribution in [1.29, 1.82) is 0 Å². The van der Waals surface area contributed by atoms with Crippen LogP contribution >= 0.6 is 0 Å². The van der Waals surface area contributed by atoms with E-state index in [1.165, 1.54) is 6.20 Å². The number of rotatable bonds is 4. The van der Waals surface area contributed by atoms with Gasteiger partial charge in [0.15, 0.2) is 5.76 Å². The fourth-order valence-electron chi connectivity index (χ4n) is 1.62. The summed E-state index contributed by atoms with van der Waals surface area (Å²) < 4.78 is 31.6. The summed E-state index contributed by atoms with van der Waals surface area (Å²) in [6.45, 7) is 3.75. The molecule has 1 heterocycles. The van der Waals surface area contributed by atoms with Gasteiger partial charge in [0.1, 0.15) is 4.90 Å². The first kappa shape index (κ1) is 13.6. The van der Waals surface area contributed by atoms with E-state index in [4.69, 9.17) is 10.3 Å². The summed E-state index contributed by atoms with van der Waals surface area (Å²) in [6, 6.07) is 4.80. The van der Waals surface area contributed by atoms with Crippen molar-refractivity contribution in [3.8, 4) is 0 Å². The molecular formula is C12H15N3O3S. The Bertz CT molecular complexity index is 678. The van der Waals surface area contributed by atoms with Gasteiger partial charge in [-0.2, -0.15) is 0 Å². The van der Waals surface area contributed by atoms with Crippen molar-refractivity contribution in [1.82, 2.24) is 9.88 Å². The van der Waals surface area contributed by atoms with Crippen LogP contribution in [0, 0.1) is 13.8 Å². The van der Waals surface area contributed by atoms with Crippen LogP contribution in [0.3, 0.4) is 0 Å². The number of nitrogens with two attached hydrogens (primary N) is 1. The topological polar surface area (TPSA) is 98.2 Å². The van der Waals surface area contributed by atoms with Crippen LogP contribution in [-0.2, 0) is 16.6 Å². The van der Waals surface area contributed by atoms with Gasteiger partial charge in [0.25, 0.3) is 0 Å². The minimum Gasteiger partial charge on any atom is -0.398 e. The van der Waals surface area contributed by atoms with E-state index < -0.39 is 10.0 Å². The number of benzene rings is 1. The molecule has 0 aliphatic heterocycles. The summed E-state index contributed by atoms with van der Waals surface area (Å²) in [5, 5.41) is 3.50. The zero-order chi connectivity index (χ0) is 14.0. The molecule has 1 aromatic heterocycles. The van der Waals surface area contributed by atoms with Crippen molar-refractivity contribution in [3.63, 3.8) is 0 Å². The molecule has 6 nitrogen and oxygen atoms in total. The van der Waals surface area contributed by atoms with E-state index in [1.807, 2.05) is 13.8 Å². The highest BCUT2D eigenvalue weighted by atomic mass is 32.2. The zero-order valence-corrected chi connectivity index (χ0v) is 11.5. The molecule has 7 heteroatoms. The molecule has 0 saturated heterocycles. The predicted octanol–water partition coefficient (Wildman–Crippen LogP) is 1.35. The molecule has 0 fully saturated rings. The molecule has 102 valence electrons. The van der Waals surface area contributed by atoms with Gasteiger partial charge in [0.05, 0.1) is 18.4 Å². The second kappa shape index (κ2) is 5.02. The molecule has 0 unspecified atom stereocenters. The predicted molar refractivity (Wildman–Crippen MR) is 70.9 cm³/mol. The lowest BCUT2D eigenvalue weighted by molar-refractivity contribution is 0.380. The Morgan fingerprint density at radius 3 is 2.63 bits per heavy atom. The normalized spacial score (nSPS) is 11.7. The van der Waals surface area contributed by atoms with Crippen LogP contribution in [0.15, 0.2) is 33.8 Å². The fourth-order valence-corrected chi connectivity index (χ4v) is 2.81. The second-order valence-corrected chi connectivity index (χ2v) is 6.01. The van der Waals surface area contributed by atoms with E-state index in [9.17, 15) is 8.42 Å². The smallest absolute Gasteiger partial charge is 0.243 e. The summed E-state index contributed by atoms with van der Waals surface area (Å²) in [5.74, 6) is 0.436. The zero-order valence-electron chi connectivity index (χ0n) is 10.7. The maximum absolute atomic E-state index is 12.2. The van der Waals surface area contributed by atoms with Gasteiger partial charge in [-0.15, -0.1) is 0 Å². The van der Waals surface area contributed by atoms with E-state index in [2.05, 4.69) is 9.88 Å². The molecule has 3 N–H and O–H groups in total. The minimum atomic E-state index is -3.67. The van der Waals surface area contributed by atoms with Gasteiger partial charge in [-0.1, -0.05) is 5.16 Å². The van der Waals surface area contributed by atoms with E-state index >= 15 is 0 Å². The first-order chi connectivity index (χ1) is 8.90. The molecular weight excluding hydrogens is 266 g/mol. The maximum atomic E-state index is 12.2. The molecule has 0 bridgehead atoms. The van der Waals surface area contributed by atoms with Crippen molar-refractivity contribution >= 4 is 15.7 Å². The van der Waals surface area contributed by atoms with E-state index in [0.717, 1.165) is 11.1 Å². The summed E-state index contributed by atoms with van der Waals surface area (Å²) in [7, 11) is -3.67. The number of hydrogen-bond donors (Lipinski definition) is 2. The lowest BCUT2D eigenvalue weighted by Gasteiger charge is -2.10. The highest BCUT2D eigenvalue weighted by Crippen LogP contribution is 2.22. The number of nitrogen functional groups attached to an aromatic ring is 1. The van der Waals surface area contributed by atoms with Gasteiger partial charge < -0.3 is 10.3 Å². The van der Waals surface area contributed by atoms with Gasteiger partial charge in [-0.25, -0.2) is 13.1 Å². The Morgan fingerprint density at radius 2 is 2.00 bits per heavy atom. The summed E-state index contributed by atoms with van der Waals surface area (Å²) in [6.07, 6.45) is 1.45. The second-order valence-electron chi connectivity index (χ2n) is 4.28. The first-order valence-electron chi connectivity index (χ1n) is 5.66. The largest absolute Gasteiger partial charge is 0.398 e. The third kappa shape index (κ3) is 2.94. The molecule has 2 rings (SSSR count). The number of nitrogens with one attached hydrogen (secondary N) is 1. The average Bonchev–Trinajstić information content (AvgIpc) is 2.84. The molecule has 0 atom stereocenters. The Kier molecular flexibility index (Phi) is 3.59. The minimum absolute atomic E-state index is 0.0364. The van der Waals surface area contributed by atoms with Crippen molar-refractivity contribution in [2.45, 2.75) is 25.3 Å². The summed E-state index contributed by atoms with van der Waals surface area (Å²) in [5.41, 5.74) is 7.82. The monoisotopic (exact) mass is 281 g/mol. The van der Waals surface area contributed by atoms with Crippen molar-refractivity contribution in [2.24, 2.45) is 0 Å². The lowest BCUT2D eigenvalue weighted by atomic mass is 10.1. The molecule has 0 spiro atoms. The quantitative estimate of drug-likeness (QED) is 0.824. The SMILES string of the molecule is Cc1cc(N)c(S(=O)(=O)NCc2ccno2)cc1C. The Morgan fingerprint density at radius 1 is 1.32 bits per heavy atom.